The summed E-state index contributed by atoms with van der Waals surface area (Å²) < 4.78 is 5.33. The van der Waals surface area contributed by atoms with Gasteiger partial charge >= 0.3 is 0 Å². The number of anilines is 2. The summed E-state index contributed by atoms with van der Waals surface area (Å²) in [6.07, 6.45) is 2.04. The Labute approximate surface area is 129 Å². The number of pyridine rings is 1. The van der Waals surface area contributed by atoms with Crippen LogP contribution < -0.4 is 15.4 Å². The summed E-state index contributed by atoms with van der Waals surface area (Å²) in [6, 6.07) is 10.2. The first kappa shape index (κ1) is 14.4. The van der Waals surface area contributed by atoms with E-state index >= 15 is 0 Å². The summed E-state index contributed by atoms with van der Waals surface area (Å²) in [6.45, 7) is 2.79. The molecule has 114 valence electrons. The van der Waals surface area contributed by atoms with Crippen molar-refractivity contribution in [3.8, 4) is 5.88 Å². The Morgan fingerprint density at radius 3 is 2.86 bits per heavy atom. The van der Waals surface area contributed by atoms with Crippen molar-refractivity contribution in [1.82, 2.24) is 15.3 Å². The molecule has 0 aliphatic carbocycles. The molecular formula is C17H20N4O. The molecule has 22 heavy (non-hydrogen) atoms. The minimum absolute atomic E-state index is 0.599. The average molecular weight is 296 g/mol. The Morgan fingerprint density at radius 2 is 2.09 bits per heavy atom. The van der Waals surface area contributed by atoms with Gasteiger partial charge in [-0.1, -0.05) is 6.07 Å². The number of benzene rings is 1. The molecule has 0 saturated heterocycles. The van der Waals surface area contributed by atoms with Crippen LogP contribution in [0.2, 0.25) is 0 Å². The molecule has 3 rings (SSSR count). The van der Waals surface area contributed by atoms with Gasteiger partial charge in [-0.25, -0.2) is 4.98 Å². The largest absolute Gasteiger partial charge is 0.480 e. The van der Waals surface area contributed by atoms with Crippen LogP contribution in [0.15, 0.2) is 36.5 Å². The van der Waals surface area contributed by atoms with Gasteiger partial charge < -0.3 is 20.4 Å². The Morgan fingerprint density at radius 1 is 1.23 bits per heavy atom. The van der Waals surface area contributed by atoms with Crippen LogP contribution in [0.25, 0.3) is 10.9 Å². The van der Waals surface area contributed by atoms with Gasteiger partial charge in [0.25, 0.3) is 0 Å². The third-order valence-corrected chi connectivity index (χ3v) is 3.61. The number of methoxy groups -OCH3 is 1. The van der Waals surface area contributed by atoms with E-state index in [2.05, 4.69) is 38.8 Å². The summed E-state index contributed by atoms with van der Waals surface area (Å²) in [5.74, 6) is 0.599. The number of nitrogens with zero attached hydrogens (tertiary/aromatic N) is 1. The van der Waals surface area contributed by atoms with Crippen LogP contribution in [0.1, 0.15) is 11.3 Å². The van der Waals surface area contributed by atoms with Crippen LogP contribution in [0.4, 0.5) is 11.4 Å². The van der Waals surface area contributed by atoms with Gasteiger partial charge in [0.1, 0.15) is 5.69 Å². The highest BCUT2D eigenvalue weighted by Gasteiger charge is 2.07. The third-order valence-electron chi connectivity index (χ3n) is 3.61. The molecule has 0 amide bonds. The molecule has 0 unspecified atom stereocenters. The smallest absolute Gasteiger partial charge is 0.237 e. The van der Waals surface area contributed by atoms with Crippen molar-refractivity contribution in [2.24, 2.45) is 0 Å². The topological polar surface area (TPSA) is 62.0 Å². The normalized spacial score (nSPS) is 10.9. The van der Waals surface area contributed by atoms with Gasteiger partial charge in [0, 0.05) is 35.0 Å². The van der Waals surface area contributed by atoms with Crippen molar-refractivity contribution in [1.29, 1.82) is 0 Å². The van der Waals surface area contributed by atoms with Crippen molar-refractivity contribution in [3.63, 3.8) is 0 Å². The fourth-order valence-electron chi connectivity index (χ4n) is 2.54. The predicted octanol–water partition coefficient (Wildman–Crippen LogP) is 3.34. The maximum Gasteiger partial charge on any atom is 0.237 e. The number of fused-ring (bicyclic) bond motifs is 1. The van der Waals surface area contributed by atoms with Crippen molar-refractivity contribution in [2.45, 2.75) is 13.5 Å². The first-order valence-corrected chi connectivity index (χ1v) is 7.24. The highest BCUT2D eigenvalue weighted by atomic mass is 16.5. The van der Waals surface area contributed by atoms with E-state index in [1.807, 2.05) is 32.3 Å². The molecule has 2 aromatic heterocycles. The van der Waals surface area contributed by atoms with Crippen LogP contribution in [0, 0.1) is 6.92 Å². The molecule has 3 N–H and O–H groups in total. The average Bonchev–Trinajstić information content (AvgIpc) is 2.92. The van der Waals surface area contributed by atoms with Crippen LogP contribution in [-0.4, -0.2) is 24.1 Å². The molecule has 0 bridgehead atoms. The van der Waals surface area contributed by atoms with Gasteiger partial charge in [0.05, 0.1) is 7.11 Å². The van der Waals surface area contributed by atoms with E-state index in [1.165, 1.54) is 10.9 Å². The Bertz CT molecular complexity index is 794. The van der Waals surface area contributed by atoms with Gasteiger partial charge in [-0.3, -0.25) is 0 Å². The Kier molecular flexibility index (Phi) is 3.98. The van der Waals surface area contributed by atoms with Crippen molar-refractivity contribution < 1.29 is 4.74 Å². The number of aryl methyl sites for hydroxylation is 1. The highest BCUT2D eigenvalue weighted by Crippen LogP contribution is 2.28. The van der Waals surface area contributed by atoms with E-state index < -0.39 is 0 Å². The second-order valence-electron chi connectivity index (χ2n) is 5.24. The molecule has 0 aliphatic rings. The fraction of sp³-hybridized carbons (Fsp3) is 0.235. The first-order valence-electron chi connectivity index (χ1n) is 7.24. The summed E-state index contributed by atoms with van der Waals surface area (Å²) in [5.41, 5.74) is 5.15. The lowest BCUT2D eigenvalue weighted by molar-refractivity contribution is 0.399. The molecular weight excluding hydrogens is 276 g/mol. The van der Waals surface area contributed by atoms with Gasteiger partial charge in [-0.15, -0.1) is 0 Å². The van der Waals surface area contributed by atoms with Gasteiger partial charge in [-0.05, 0) is 43.8 Å². The zero-order valence-electron chi connectivity index (χ0n) is 13.0. The molecule has 0 spiro atoms. The summed E-state index contributed by atoms with van der Waals surface area (Å²) in [4.78, 5) is 7.69. The number of H-pyrrole nitrogens is 1. The lowest BCUT2D eigenvalue weighted by Crippen LogP contribution is -2.03. The molecule has 5 nitrogen and oxygen atoms in total. The quantitative estimate of drug-likeness (QED) is 0.676. The second kappa shape index (κ2) is 6.07. The van der Waals surface area contributed by atoms with Crippen LogP contribution >= 0.6 is 0 Å². The first-order chi connectivity index (χ1) is 10.7. The van der Waals surface area contributed by atoms with Crippen LogP contribution in [0.3, 0.4) is 0 Å². The number of hydrogen-bond acceptors (Lipinski definition) is 4. The number of rotatable bonds is 5. The standard InChI is InChI=1S/C17H20N4O/c1-11-4-7-15(17(20-11)22-3)21-13-5-6-14-12(9-18-2)10-19-16(14)8-13/h4-8,10,18-19,21H,9H2,1-3H3. The van der Waals surface area contributed by atoms with Crippen LogP contribution in [0.5, 0.6) is 5.88 Å². The monoisotopic (exact) mass is 296 g/mol. The van der Waals surface area contributed by atoms with E-state index in [9.17, 15) is 0 Å². The van der Waals surface area contributed by atoms with Crippen LogP contribution in [-0.2, 0) is 6.54 Å². The highest BCUT2D eigenvalue weighted by molar-refractivity contribution is 5.87. The maximum absolute atomic E-state index is 5.33. The summed E-state index contributed by atoms with van der Waals surface area (Å²) >= 11 is 0. The molecule has 2 heterocycles. The van der Waals surface area contributed by atoms with Gasteiger partial charge in [0.15, 0.2) is 0 Å². The van der Waals surface area contributed by atoms with Gasteiger partial charge in [-0.2, -0.15) is 0 Å². The number of aromatic nitrogens is 2. The predicted molar refractivity (Wildman–Crippen MR) is 89.9 cm³/mol. The third kappa shape index (κ3) is 2.76. The van der Waals surface area contributed by atoms with Crippen molar-refractivity contribution in [2.75, 3.05) is 19.5 Å². The molecule has 0 saturated carbocycles. The lowest BCUT2D eigenvalue weighted by Gasteiger charge is -2.11. The SMILES string of the molecule is CNCc1c[nH]c2cc(Nc3ccc(C)nc3OC)ccc12. The zero-order valence-corrected chi connectivity index (χ0v) is 13.0. The van der Waals surface area contributed by atoms with Crippen molar-refractivity contribution in [3.05, 3.63) is 47.8 Å². The summed E-state index contributed by atoms with van der Waals surface area (Å²) in [7, 11) is 3.58. The van der Waals surface area contributed by atoms with E-state index in [4.69, 9.17) is 4.74 Å². The molecule has 1 aromatic carbocycles. The number of nitrogens with one attached hydrogen (secondary N) is 3. The number of hydrogen-bond donors (Lipinski definition) is 3. The molecule has 0 fully saturated rings. The Hall–Kier alpha value is -2.53. The molecule has 5 heteroatoms. The van der Waals surface area contributed by atoms with E-state index in [0.717, 1.165) is 29.1 Å². The number of aromatic amines is 1. The van der Waals surface area contributed by atoms with Gasteiger partial charge in [0.2, 0.25) is 5.88 Å². The minimum Gasteiger partial charge on any atom is -0.480 e. The van der Waals surface area contributed by atoms with E-state index in [-0.39, 0.29) is 0 Å². The molecule has 0 atom stereocenters. The Balaban J connectivity index is 1.91. The molecule has 0 radical (unpaired) electrons. The number of ether oxygens (including phenoxy) is 1. The zero-order chi connectivity index (χ0) is 15.5. The van der Waals surface area contributed by atoms with Crippen molar-refractivity contribution >= 4 is 22.3 Å². The summed E-state index contributed by atoms with van der Waals surface area (Å²) in [5, 5.41) is 7.77. The van der Waals surface area contributed by atoms with E-state index in [0.29, 0.717) is 5.88 Å². The lowest BCUT2D eigenvalue weighted by atomic mass is 10.1. The fourth-order valence-corrected chi connectivity index (χ4v) is 2.54. The second-order valence-corrected chi connectivity index (χ2v) is 5.24. The molecule has 3 aromatic rings. The van der Waals surface area contributed by atoms with E-state index in [1.54, 1.807) is 7.11 Å². The molecule has 0 aliphatic heterocycles. The maximum atomic E-state index is 5.33. The minimum atomic E-state index is 0.599.